The van der Waals surface area contributed by atoms with Crippen molar-refractivity contribution in [3.05, 3.63) is 28.1 Å². The first-order valence-corrected chi connectivity index (χ1v) is 5.38. The summed E-state index contributed by atoms with van der Waals surface area (Å²) in [5.41, 5.74) is 0.253. The highest BCUT2D eigenvalue weighted by atomic mass is 35.5. The minimum Gasteiger partial charge on any atom is -0.495 e. The van der Waals surface area contributed by atoms with E-state index in [4.69, 9.17) is 21.4 Å². The van der Waals surface area contributed by atoms with Crippen LogP contribution in [0.4, 0.5) is 0 Å². The van der Waals surface area contributed by atoms with E-state index in [1.165, 1.54) is 24.5 Å². The van der Waals surface area contributed by atoms with Gasteiger partial charge < -0.3 is 9.84 Å². The number of fused-ring (bicyclic) bond motifs is 1. The number of methoxy groups -OCH3 is 1. The van der Waals surface area contributed by atoms with Crippen LogP contribution in [0.25, 0.3) is 10.1 Å². The van der Waals surface area contributed by atoms with Crippen molar-refractivity contribution in [1.82, 2.24) is 0 Å². The number of hydrogen-bond donors (Lipinski definition) is 1. The lowest BCUT2D eigenvalue weighted by atomic mass is 10.1. The zero-order valence-corrected chi connectivity index (χ0v) is 10.6. The second-order valence-electron chi connectivity index (χ2n) is 2.91. The predicted octanol–water partition coefficient (Wildman–Crippen LogP) is 3.68. The number of carboxylic acids is 1. The third-order valence-electron chi connectivity index (χ3n) is 2.09. The molecule has 2 rings (SSSR count). The normalized spacial score (nSPS) is 9.88. The molecule has 1 N–H and O–H groups in total. The number of aromatic carboxylic acids is 1. The van der Waals surface area contributed by atoms with Crippen LogP contribution in [0.2, 0.25) is 5.02 Å². The van der Waals surface area contributed by atoms with Crippen molar-refractivity contribution < 1.29 is 14.6 Å². The number of thiophene rings is 1. The van der Waals surface area contributed by atoms with Crippen LogP contribution in [-0.2, 0) is 0 Å². The van der Waals surface area contributed by atoms with Gasteiger partial charge in [-0.25, -0.2) is 4.79 Å². The molecule has 0 aliphatic rings. The molecule has 1 heterocycles. The molecule has 0 saturated heterocycles. The molecule has 16 heavy (non-hydrogen) atoms. The first kappa shape index (κ1) is 13.1. The van der Waals surface area contributed by atoms with Crippen molar-refractivity contribution in [2.24, 2.45) is 0 Å². The van der Waals surface area contributed by atoms with Crippen molar-refractivity contribution in [2.75, 3.05) is 7.11 Å². The molecule has 6 heteroatoms. The molecule has 0 spiro atoms. The van der Waals surface area contributed by atoms with Gasteiger partial charge in [0.25, 0.3) is 0 Å². The fourth-order valence-electron chi connectivity index (χ4n) is 1.40. The molecule has 1 aromatic heterocycles. The Balaban J connectivity index is 0.00000128. The molecule has 1 aromatic carbocycles. The molecular formula is C10H8Cl2O3S. The van der Waals surface area contributed by atoms with E-state index in [0.29, 0.717) is 20.9 Å². The van der Waals surface area contributed by atoms with Crippen LogP contribution in [0.3, 0.4) is 0 Å². The number of benzene rings is 1. The summed E-state index contributed by atoms with van der Waals surface area (Å²) < 4.78 is 5.76. The zero-order chi connectivity index (χ0) is 11.0. The van der Waals surface area contributed by atoms with Crippen LogP contribution in [0.15, 0.2) is 17.5 Å². The Kier molecular flexibility index (Phi) is 4.02. The molecule has 0 radical (unpaired) electrons. The van der Waals surface area contributed by atoms with Gasteiger partial charge >= 0.3 is 5.97 Å². The van der Waals surface area contributed by atoms with Gasteiger partial charge in [0.05, 0.1) is 27.8 Å². The molecule has 0 unspecified atom stereocenters. The third kappa shape index (κ3) is 1.96. The number of carboxylic acid groups (broad SMARTS) is 1. The summed E-state index contributed by atoms with van der Waals surface area (Å²) in [7, 11) is 1.53. The number of ether oxygens (including phenoxy) is 1. The van der Waals surface area contributed by atoms with Gasteiger partial charge in [0, 0.05) is 5.38 Å². The Morgan fingerprint density at radius 3 is 2.75 bits per heavy atom. The van der Waals surface area contributed by atoms with E-state index in [2.05, 4.69) is 0 Å². The number of hydrogen-bond acceptors (Lipinski definition) is 3. The largest absolute Gasteiger partial charge is 0.495 e. The molecule has 0 bridgehead atoms. The van der Waals surface area contributed by atoms with Gasteiger partial charge in [0.15, 0.2) is 0 Å². The lowest BCUT2D eigenvalue weighted by molar-refractivity contribution is 0.0699. The standard InChI is InChI=1S/C10H7ClO3S.ClH/c1-14-7-4-15-9-5(10(12)13)2-3-6(11)8(7)9;/h2-4H,1H3,(H,12,13);1H. The van der Waals surface area contributed by atoms with Crippen molar-refractivity contribution in [1.29, 1.82) is 0 Å². The first-order valence-electron chi connectivity index (χ1n) is 4.12. The van der Waals surface area contributed by atoms with Gasteiger partial charge in [0.1, 0.15) is 5.75 Å². The molecule has 86 valence electrons. The monoisotopic (exact) mass is 278 g/mol. The van der Waals surface area contributed by atoms with Crippen LogP contribution in [0, 0.1) is 0 Å². The maximum Gasteiger partial charge on any atom is 0.337 e. The third-order valence-corrected chi connectivity index (χ3v) is 3.39. The predicted molar refractivity (Wildman–Crippen MR) is 67.6 cm³/mol. The maximum atomic E-state index is 10.9. The molecule has 0 aliphatic carbocycles. The van der Waals surface area contributed by atoms with Gasteiger partial charge in [-0.2, -0.15) is 0 Å². The number of carbonyl (C=O) groups is 1. The smallest absolute Gasteiger partial charge is 0.337 e. The van der Waals surface area contributed by atoms with Crippen LogP contribution in [0.5, 0.6) is 5.75 Å². The summed E-state index contributed by atoms with van der Waals surface area (Å²) in [6.45, 7) is 0. The van der Waals surface area contributed by atoms with Crippen molar-refractivity contribution >= 4 is 51.4 Å². The second-order valence-corrected chi connectivity index (χ2v) is 4.20. The quantitative estimate of drug-likeness (QED) is 0.912. The molecular weight excluding hydrogens is 271 g/mol. The topological polar surface area (TPSA) is 46.5 Å². The van der Waals surface area contributed by atoms with Crippen molar-refractivity contribution in [2.45, 2.75) is 0 Å². The first-order chi connectivity index (χ1) is 7.15. The Bertz CT molecular complexity index is 536. The van der Waals surface area contributed by atoms with Crippen molar-refractivity contribution in [3.8, 4) is 5.75 Å². The van der Waals surface area contributed by atoms with Gasteiger partial charge in [-0.3, -0.25) is 0 Å². The van der Waals surface area contributed by atoms with Gasteiger partial charge in [-0.1, -0.05) is 11.6 Å². The highest BCUT2D eigenvalue weighted by Gasteiger charge is 2.15. The van der Waals surface area contributed by atoms with Crippen LogP contribution in [-0.4, -0.2) is 18.2 Å². The van der Waals surface area contributed by atoms with Crippen LogP contribution >= 0.6 is 35.3 Å². The Labute approximate surface area is 107 Å². The van der Waals surface area contributed by atoms with Crippen molar-refractivity contribution in [3.63, 3.8) is 0 Å². The lowest BCUT2D eigenvalue weighted by Gasteiger charge is -2.01. The highest BCUT2D eigenvalue weighted by molar-refractivity contribution is 7.18. The lowest BCUT2D eigenvalue weighted by Crippen LogP contribution is -1.95. The molecule has 2 aromatic rings. The number of halogens is 2. The molecule has 0 aliphatic heterocycles. The summed E-state index contributed by atoms with van der Waals surface area (Å²) >= 11 is 7.31. The minimum absolute atomic E-state index is 0. The zero-order valence-electron chi connectivity index (χ0n) is 8.19. The van der Waals surface area contributed by atoms with E-state index in [0.717, 1.165) is 0 Å². The average Bonchev–Trinajstić information content (AvgIpc) is 2.62. The fraction of sp³-hybridized carbons (Fsp3) is 0.100. The number of rotatable bonds is 2. The van der Waals surface area contributed by atoms with E-state index in [-0.39, 0.29) is 18.0 Å². The Hall–Kier alpha value is -0.970. The van der Waals surface area contributed by atoms with E-state index < -0.39 is 5.97 Å². The van der Waals surface area contributed by atoms with Gasteiger partial charge in [0.2, 0.25) is 0 Å². The van der Waals surface area contributed by atoms with E-state index in [9.17, 15) is 4.79 Å². The average molecular weight is 279 g/mol. The molecule has 0 atom stereocenters. The molecule has 0 saturated carbocycles. The Morgan fingerprint density at radius 1 is 1.50 bits per heavy atom. The fourth-order valence-corrected chi connectivity index (χ4v) is 2.76. The summed E-state index contributed by atoms with van der Waals surface area (Å²) in [5, 5.41) is 11.9. The SMILES string of the molecule is COc1csc2c(C(=O)O)ccc(Cl)c12.Cl. The van der Waals surface area contributed by atoms with Gasteiger partial charge in [-0.05, 0) is 12.1 Å². The maximum absolute atomic E-state index is 10.9. The van der Waals surface area contributed by atoms with E-state index in [1.54, 1.807) is 11.4 Å². The Morgan fingerprint density at radius 2 is 2.19 bits per heavy atom. The van der Waals surface area contributed by atoms with Gasteiger partial charge in [-0.15, -0.1) is 23.7 Å². The van der Waals surface area contributed by atoms with Crippen LogP contribution in [0.1, 0.15) is 10.4 Å². The van der Waals surface area contributed by atoms with E-state index in [1.807, 2.05) is 0 Å². The second kappa shape index (κ2) is 4.91. The summed E-state index contributed by atoms with van der Waals surface area (Å²) in [5.74, 6) is -0.343. The molecule has 3 nitrogen and oxygen atoms in total. The minimum atomic E-state index is -0.957. The molecule has 0 fully saturated rings. The summed E-state index contributed by atoms with van der Waals surface area (Å²) in [6, 6.07) is 3.07. The summed E-state index contributed by atoms with van der Waals surface area (Å²) in [4.78, 5) is 10.9. The highest BCUT2D eigenvalue weighted by Crippen LogP contribution is 2.39. The van der Waals surface area contributed by atoms with Crippen LogP contribution < -0.4 is 4.74 Å². The molecule has 0 amide bonds. The summed E-state index contributed by atoms with van der Waals surface area (Å²) in [6.07, 6.45) is 0. The van der Waals surface area contributed by atoms with E-state index >= 15 is 0 Å².